The molecule has 0 amide bonds. The van der Waals surface area contributed by atoms with Crippen LogP contribution in [-0.4, -0.2) is 15.0 Å². The number of nitrogens with one attached hydrogen (secondary N) is 1. The first kappa shape index (κ1) is 15.8. The lowest BCUT2D eigenvalue weighted by Gasteiger charge is -2.14. The van der Waals surface area contributed by atoms with E-state index in [-0.39, 0.29) is 12.2 Å². The highest BCUT2D eigenvalue weighted by Crippen LogP contribution is 2.35. The van der Waals surface area contributed by atoms with Gasteiger partial charge >= 0.3 is 6.18 Å². The second-order valence-electron chi connectivity index (χ2n) is 4.00. The van der Waals surface area contributed by atoms with Gasteiger partial charge in [0.15, 0.2) is 0 Å². The van der Waals surface area contributed by atoms with Crippen molar-refractivity contribution in [3.63, 3.8) is 0 Å². The Morgan fingerprint density at radius 1 is 1.32 bits per heavy atom. The number of unbranched alkanes of at least 4 members (excludes halogenated alkanes) is 1. The van der Waals surface area contributed by atoms with Gasteiger partial charge in [-0.1, -0.05) is 13.3 Å². The number of nitrogens with two attached hydrogens (primary N) is 1. The number of benzene rings is 1. The van der Waals surface area contributed by atoms with E-state index in [1.807, 2.05) is 6.92 Å². The number of nitrogen functional groups attached to an aromatic ring is 1. The van der Waals surface area contributed by atoms with Gasteiger partial charge in [-0.3, -0.25) is 0 Å². The maximum Gasteiger partial charge on any atom is 0.417 e. The number of rotatable bonds is 5. The van der Waals surface area contributed by atoms with Crippen molar-refractivity contribution in [3.05, 3.63) is 23.8 Å². The van der Waals surface area contributed by atoms with E-state index in [1.165, 1.54) is 0 Å². The largest absolute Gasteiger partial charge is 0.417 e. The highest BCUT2D eigenvalue weighted by Gasteiger charge is 2.37. The van der Waals surface area contributed by atoms with Gasteiger partial charge in [-0.15, -0.1) is 0 Å². The third-order valence-corrected chi connectivity index (χ3v) is 3.94. The quantitative estimate of drug-likeness (QED) is 0.647. The van der Waals surface area contributed by atoms with Crippen LogP contribution in [0.3, 0.4) is 0 Å². The molecule has 0 unspecified atom stereocenters. The highest BCUT2D eigenvalue weighted by atomic mass is 32.2. The maximum atomic E-state index is 12.8. The fourth-order valence-electron chi connectivity index (χ4n) is 1.46. The molecule has 0 heterocycles. The molecule has 3 N–H and O–H groups in total. The van der Waals surface area contributed by atoms with Gasteiger partial charge in [0.25, 0.3) is 0 Å². The van der Waals surface area contributed by atoms with Crippen molar-refractivity contribution in [2.75, 3.05) is 12.3 Å². The molecule has 108 valence electrons. The summed E-state index contributed by atoms with van der Waals surface area (Å²) in [6, 6.07) is 2.62. The molecular formula is C11H15F3N2O2S. The van der Waals surface area contributed by atoms with Crippen LogP contribution in [0.1, 0.15) is 25.3 Å². The molecular weight excluding hydrogens is 281 g/mol. The number of hydrogen-bond donors (Lipinski definition) is 2. The van der Waals surface area contributed by atoms with Gasteiger partial charge in [-0.25, -0.2) is 13.1 Å². The molecule has 0 aliphatic heterocycles. The summed E-state index contributed by atoms with van der Waals surface area (Å²) in [5.41, 5.74) is 3.88. The first-order valence-electron chi connectivity index (χ1n) is 5.65. The lowest BCUT2D eigenvalue weighted by atomic mass is 10.2. The molecule has 0 saturated heterocycles. The molecule has 0 radical (unpaired) electrons. The SMILES string of the molecule is CCCCNS(=O)(=O)c1ccc(N)cc1C(F)(F)F. The zero-order valence-corrected chi connectivity index (χ0v) is 11.1. The van der Waals surface area contributed by atoms with Crippen molar-refractivity contribution in [3.8, 4) is 0 Å². The Balaban J connectivity index is 3.19. The van der Waals surface area contributed by atoms with E-state index < -0.39 is 26.7 Å². The molecule has 8 heteroatoms. The molecule has 19 heavy (non-hydrogen) atoms. The minimum absolute atomic E-state index is 0.0977. The average molecular weight is 296 g/mol. The second kappa shape index (κ2) is 5.79. The van der Waals surface area contributed by atoms with Gasteiger partial charge in [0.2, 0.25) is 10.0 Å². The van der Waals surface area contributed by atoms with Crippen LogP contribution in [0.5, 0.6) is 0 Å². The molecule has 0 bridgehead atoms. The average Bonchev–Trinajstić information content (AvgIpc) is 2.27. The number of anilines is 1. The lowest BCUT2D eigenvalue weighted by molar-refractivity contribution is -0.139. The van der Waals surface area contributed by atoms with E-state index in [0.29, 0.717) is 12.5 Å². The minimum Gasteiger partial charge on any atom is -0.399 e. The Hall–Kier alpha value is -1.28. The van der Waals surface area contributed by atoms with Crippen LogP contribution in [0.4, 0.5) is 18.9 Å². The Kier molecular flexibility index (Phi) is 4.81. The molecule has 1 aromatic rings. The van der Waals surface area contributed by atoms with Crippen molar-refractivity contribution >= 4 is 15.7 Å². The monoisotopic (exact) mass is 296 g/mol. The van der Waals surface area contributed by atoms with Crippen molar-refractivity contribution in [2.45, 2.75) is 30.8 Å². The van der Waals surface area contributed by atoms with Crippen LogP contribution in [0.15, 0.2) is 23.1 Å². The van der Waals surface area contributed by atoms with Crippen molar-refractivity contribution in [1.29, 1.82) is 0 Å². The Labute approximate surface area is 109 Å². The van der Waals surface area contributed by atoms with Gasteiger partial charge in [0.1, 0.15) is 0 Å². The Bertz CT molecular complexity index is 541. The van der Waals surface area contributed by atoms with Crippen molar-refractivity contribution in [2.24, 2.45) is 0 Å². The molecule has 0 spiro atoms. The summed E-state index contributed by atoms with van der Waals surface area (Å²) in [6.45, 7) is 1.94. The van der Waals surface area contributed by atoms with Crippen LogP contribution in [-0.2, 0) is 16.2 Å². The zero-order chi connectivity index (χ0) is 14.7. The van der Waals surface area contributed by atoms with Gasteiger partial charge in [0, 0.05) is 12.2 Å². The van der Waals surface area contributed by atoms with Crippen LogP contribution in [0, 0.1) is 0 Å². The van der Waals surface area contributed by atoms with Crippen molar-refractivity contribution < 1.29 is 21.6 Å². The van der Waals surface area contributed by atoms with E-state index >= 15 is 0 Å². The first-order chi connectivity index (χ1) is 8.68. The fourth-order valence-corrected chi connectivity index (χ4v) is 2.74. The molecule has 0 aliphatic carbocycles. The summed E-state index contributed by atoms with van der Waals surface area (Å²) in [7, 11) is -4.19. The molecule has 0 aromatic heterocycles. The Morgan fingerprint density at radius 3 is 2.47 bits per heavy atom. The molecule has 4 nitrogen and oxygen atoms in total. The predicted octanol–water partition coefficient (Wildman–Crippen LogP) is 2.37. The van der Waals surface area contributed by atoms with Crippen LogP contribution in [0.25, 0.3) is 0 Å². The van der Waals surface area contributed by atoms with Gasteiger partial charge < -0.3 is 5.73 Å². The summed E-state index contributed by atoms with van der Waals surface area (Å²) >= 11 is 0. The summed E-state index contributed by atoms with van der Waals surface area (Å²) in [6.07, 6.45) is -3.49. The number of sulfonamides is 1. The van der Waals surface area contributed by atoms with E-state index in [9.17, 15) is 21.6 Å². The van der Waals surface area contributed by atoms with Crippen LogP contribution in [0.2, 0.25) is 0 Å². The fraction of sp³-hybridized carbons (Fsp3) is 0.455. The third-order valence-electron chi connectivity index (χ3n) is 2.42. The normalized spacial score (nSPS) is 12.6. The smallest absolute Gasteiger partial charge is 0.399 e. The second-order valence-corrected chi connectivity index (χ2v) is 5.74. The molecule has 0 fully saturated rings. The summed E-state index contributed by atoms with van der Waals surface area (Å²) in [5.74, 6) is 0. The molecule has 0 saturated carbocycles. The third kappa shape index (κ3) is 4.10. The highest BCUT2D eigenvalue weighted by molar-refractivity contribution is 7.89. The molecule has 0 aliphatic rings. The first-order valence-corrected chi connectivity index (χ1v) is 7.13. The van der Waals surface area contributed by atoms with E-state index in [4.69, 9.17) is 5.73 Å². The Morgan fingerprint density at radius 2 is 1.95 bits per heavy atom. The molecule has 1 rings (SSSR count). The number of halogens is 3. The topological polar surface area (TPSA) is 72.2 Å². The minimum atomic E-state index is -4.77. The van der Waals surface area contributed by atoms with E-state index in [2.05, 4.69) is 4.72 Å². The lowest BCUT2D eigenvalue weighted by Crippen LogP contribution is -2.27. The predicted molar refractivity (Wildman–Crippen MR) is 66.0 cm³/mol. The zero-order valence-electron chi connectivity index (χ0n) is 10.3. The van der Waals surface area contributed by atoms with Gasteiger partial charge in [-0.05, 0) is 24.6 Å². The summed E-state index contributed by atoms with van der Waals surface area (Å²) in [5, 5.41) is 0. The standard InChI is InChI=1S/C11H15F3N2O2S/c1-2-3-6-16-19(17,18)10-5-4-8(15)7-9(10)11(12,13)14/h4-5,7,16H,2-3,6,15H2,1H3. The van der Waals surface area contributed by atoms with E-state index in [1.54, 1.807) is 0 Å². The maximum absolute atomic E-state index is 12.8. The number of hydrogen-bond acceptors (Lipinski definition) is 3. The molecule has 0 atom stereocenters. The van der Waals surface area contributed by atoms with Gasteiger partial charge in [0.05, 0.1) is 10.5 Å². The molecule has 1 aromatic carbocycles. The van der Waals surface area contributed by atoms with Crippen molar-refractivity contribution in [1.82, 2.24) is 4.72 Å². The summed E-state index contributed by atoms with van der Waals surface area (Å²) in [4.78, 5) is -0.801. The number of alkyl halides is 3. The summed E-state index contributed by atoms with van der Waals surface area (Å²) < 4.78 is 64.2. The van der Waals surface area contributed by atoms with E-state index in [0.717, 1.165) is 18.6 Å². The van der Waals surface area contributed by atoms with Crippen LogP contribution < -0.4 is 10.5 Å². The van der Waals surface area contributed by atoms with Gasteiger partial charge in [-0.2, -0.15) is 13.2 Å². The van der Waals surface area contributed by atoms with Crippen LogP contribution >= 0.6 is 0 Å².